The summed E-state index contributed by atoms with van der Waals surface area (Å²) < 4.78 is 35.4. The van der Waals surface area contributed by atoms with Gasteiger partial charge in [-0.1, -0.05) is 12.1 Å². The number of anilines is 1. The lowest BCUT2D eigenvalue weighted by molar-refractivity contribution is 0.459. The molecule has 0 unspecified atom stereocenters. The van der Waals surface area contributed by atoms with Crippen LogP contribution >= 0.6 is 0 Å². The molecule has 4 rings (SSSR count). The van der Waals surface area contributed by atoms with E-state index in [0.29, 0.717) is 29.0 Å². The molecule has 1 N–H and O–H groups in total. The molecule has 0 aliphatic carbocycles. The summed E-state index contributed by atoms with van der Waals surface area (Å²) in [6.07, 6.45) is 3.74. The van der Waals surface area contributed by atoms with Crippen molar-refractivity contribution in [3.8, 4) is 23.5 Å². The minimum absolute atomic E-state index is 0.0765. The zero-order chi connectivity index (χ0) is 21.8. The highest BCUT2D eigenvalue weighted by Gasteiger charge is 2.18. The van der Waals surface area contributed by atoms with Crippen LogP contribution in [-0.2, 0) is 10.0 Å². The summed E-state index contributed by atoms with van der Waals surface area (Å²) in [6, 6.07) is 19.8. The molecule has 2 aromatic heterocycles. The van der Waals surface area contributed by atoms with Crippen LogP contribution in [0, 0.1) is 18.3 Å². The van der Waals surface area contributed by atoms with Gasteiger partial charge in [0.15, 0.2) is 0 Å². The number of hydrogen-bond donors (Lipinski definition) is 1. The van der Waals surface area contributed by atoms with Gasteiger partial charge in [0.2, 0.25) is 5.88 Å². The van der Waals surface area contributed by atoms with Crippen molar-refractivity contribution in [2.75, 3.05) is 4.72 Å². The van der Waals surface area contributed by atoms with Gasteiger partial charge >= 0.3 is 0 Å². The summed E-state index contributed by atoms with van der Waals surface area (Å²) in [6.45, 7) is 1.77. The minimum Gasteiger partial charge on any atom is -0.439 e. The smallest absolute Gasteiger partial charge is 0.263 e. The average molecular weight is 431 g/mol. The largest absolute Gasteiger partial charge is 0.439 e. The van der Waals surface area contributed by atoms with E-state index in [9.17, 15) is 8.42 Å². The van der Waals surface area contributed by atoms with E-state index in [-0.39, 0.29) is 10.5 Å². The Balaban J connectivity index is 1.52. The molecule has 0 bridgehead atoms. The van der Waals surface area contributed by atoms with Gasteiger partial charge in [0.05, 0.1) is 5.56 Å². The zero-order valence-corrected chi connectivity index (χ0v) is 17.2. The van der Waals surface area contributed by atoms with Crippen LogP contribution in [0.1, 0.15) is 11.4 Å². The summed E-state index contributed by atoms with van der Waals surface area (Å²) in [7, 11) is -3.90. The predicted octanol–water partition coefficient (Wildman–Crippen LogP) is 4.04. The SMILES string of the molecule is Cc1nc(Oc2ccc(NS(=O)(=O)c3ccccc3C#N)cc2)cc(-n2cccc2)n1. The number of nitrogens with one attached hydrogen (secondary N) is 1. The molecule has 0 fully saturated rings. The number of nitriles is 1. The van der Waals surface area contributed by atoms with Gasteiger partial charge in [-0.3, -0.25) is 4.72 Å². The van der Waals surface area contributed by atoms with Crippen molar-refractivity contribution in [2.45, 2.75) is 11.8 Å². The van der Waals surface area contributed by atoms with Crippen LogP contribution in [0.4, 0.5) is 5.69 Å². The Morgan fingerprint density at radius 3 is 2.42 bits per heavy atom. The second-order valence-electron chi connectivity index (χ2n) is 6.54. The average Bonchev–Trinajstić information content (AvgIpc) is 3.30. The quantitative estimate of drug-likeness (QED) is 0.493. The Bertz CT molecular complexity index is 1360. The second-order valence-corrected chi connectivity index (χ2v) is 8.19. The molecule has 2 heterocycles. The van der Waals surface area contributed by atoms with Gasteiger partial charge in [0.1, 0.15) is 28.4 Å². The van der Waals surface area contributed by atoms with E-state index >= 15 is 0 Å². The van der Waals surface area contributed by atoms with E-state index in [4.69, 9.17) is 10.00 Å². The van der Waals surface area contributed by atoms with E-state index < -0.39 is 10.0 Å². The number of hydrogen-bond acceptors (Lipinski definition) is 6. The van der Waals surface area contributed by atoms with Crippen LogP contribution in [0.5, 0.6) is 11.6 Å². The maximum absolute atomic E-state index is 12.6. The molecule has 154 valence electrons. The lowest BCUT2D eigenvalue weighted by atomic mass is 10.2. The molecule has 0 amide bonds. The topological polar surface area (TPSA) is 110 Å². The maximum atomic E-state index is 12.6. The molecule has 0 atom stereocenters. The van der Waals surface area contributed by atoms with Crippen LogP contribution in [0.2, 0.25) is 0 Å². The molecule has 8 nitrogen and oxygen atoms in total. The minimum atomic E-state index is -3.90. The fourth-order valence-corrected chi connectivity index (χ4v) is 4.13. The Morgan fingerprint density at radius 1 is 1.00 bits per heavy atom. The number of benzene rings is 2. The molecule has 31 heavy (non-hydrogen) atoms. The van der Waals surface area contributed by atoms with Gasteiger partial charge < -0.3 is 9.30 Å². The molecule has 0 aliphatic heterocycles. The Kier molecular flexibility index (Phi) is 5.39. The van der Waals surface area contributed by atoms with E-state index in [1.165, 1.54) is 12.1 Å². The third-order valence-corrected chi connectivity index (χ3v) is 5.74. The van der Waals surface area contributed by atoms with Crippen LogP contribution in [0.25, 0.3) is 5.82 Å². The molecule has 0 saturated heterocycles. The Hall–Kier alpha value is -4.16. The second kappa shape index (κ2) is 8.30. The van der Waals surface area contributed by atoms with Crippen molar-refractivity contribution in [3.05, 3.63) is 90.5 Å². The molecule has 9 heteroatoms. The molecule has 0 spiro atoms. The van der Waals surface area contributed by atoms with E-state index in [0.717, 1.165) is 0 Å². The first kappa shape index (κ1) is 20.1. The number of ether oxygens (including phenoxy) is 1. The van der Waals surface area contributed by atoms with E-state index in [1.807, 2.05) is 35.2 Å². The van der Waals surface area contributed by atoms with Crippen LogP contribution in [0.3, 0.4) is 0 Å². The first-order chi connectivity index (χ1) is 14.9. The van der Waals surface area contributed by atoms with Crippen molar-refractivity contribution in [1.82, 2.24) is 14.5 Å². The van der Waals surface area contributed by atoms with Crippen LogP contribution in [-0.4, -0.2) is 23.0 Å². The first-order valence-corrected chi connectivity index (χ1v) is 10.7. The summed E-state index contributed by atoms with van der Waals surface area (Å²) in [5.41, 5.74) is 0.416. The summed E-state index contributed by atoms with van der Waals surface area (Å²) in [4.78, 5) is 8.60. The van der Waals surface area contributed by atoms with Gasteiger partial charge in [-0.15, -0.1) is 0 Å². The predicted molar refractivity (Wildman–Crippen MR) is 115 cm³/mol. The highest BCUT2D eigenvalue weighted by molar-refractivity contribution is 7.92. The van der Waals surface area contributed by atoms with E-state index in [1.54, 1.807) is 49.4 Å². The molecular weight excluding hydrogens is 414 g/mol. The Morgan fingerprint density at radius 2 is 1.71 bits per heavy atom. The Labute approximate surface area is 179 Å². The van der Waals surface area contributed by atoms with Gasteiger partial charge in [-0.2, -0.15) is 10.2 Å². The molecular formula is C22H17N5O3S. The van der Waals surface area contributed by atoms with Crippen molar-refractivity contribution >= 4 is 15.7 Å². The van der Waals surface area contributed by atoms with Crippen molar-refractivity contribution < 1.29 is 13.2 Å². The van der Waals surface area contributed by atoms with Gasteiger partial charge in [-0.25, -0.2) is 13.4 Å². The number of aromatic nitrogens is 3. The van der Waals surface area contributed by atoms with E-state index in [2.05, 4.69) is 14.7 Å². The fraction of sp³-hybridized carbons (Fsp3) is 0.0455. The molecule has 2 aromatic carbocycles. The number of rotatable bonds is 6. The zero-order valence-electron chi connectivity index (χ0n) is 16.4. The molecule has 4 aromatic rings. The summed E-state index contributed by atoms with van der Waals surface area (Å²) >= 11 is 0. The summed E-state index contributed by atoms with van der Waals surface area (Å²) in [5, 5.41) is 9.15. The lowest BCUT2D eigenvalue weighted by Gasteiger charge is -2.11. The summed E-state index contributed by atoms with van der Waals surface area (Å²) in [5.74, 6) is 2.08. The van der Waals surface area contributed by atoms with Crippen molar-refractivity contribution in [1.29, 1.82) is 5.26 Å². The highest BCUT2D eigenvalue weighted by Crippen LogP contribution is 2.25. The fourth-order valence-electron chi connectivity index (χ4n) is 2.91. The molecule has 0 radical (unpaired) electrons. The lowest BCUT2D eigenvalue weighted by Crippen LogP contribution is -2.14. The van der Waals surface area contributed by atoms with Crippen molar-refractivity contribution in [3.63, 3.8) is 0 Å². The van der Waals surface area contributed by atoms with Gasteiger partial charge in [0, 0.05) is 24.1 Å². The monoisotopic (exact) mass is 431 g/mol. The standard InChI is InChI=1S/C22H17N5O3S/c1-16-24-21(27-12-4-5-13-27)14-22(25-16)30-19-10-8-18(9-11-19)26-31(28,29)20-7-3-2-6-17(20)15-23/h2-14,26H,1H3. The number of sulfonamides is 1. The number of aryl methyl sites for hydroxylation is 1. The van der Waals surface area contributed by atoms with Gasteiger partial charge in [-0.05, 0) is 55.5 Å². The van der Waals surface area contributed by atoms with Gasteiger partial charge in [0.25, 0.3) is 10.0 Å². The molecule has 0 saturated carbocycles. The third kappa shape index (κ3) is 4.55. The maximum Gasteiger partial charge on any atom is 0.263 e. The first-order valence-electron chi connectivity index (χ1n) is 9.23. The number of nitrogens with zero attached hydrogens (tertiary/aromatic N) is 4. The molecule has 0 aliphatic rings. The highest BCUT2D eigenvalue weighted by atomic mass is 32.2. The van der Waals surface area contributed by atoms with Crippen molar-refractivity contribution in [2.24, 2.45) is 0 Å². The van der Waals surface area contributed by atoms with Crippen LogP contribution < -0.4 is 9.46 Å². The van der Waals surface area contributed by atoms with Crippen LogP contribution in [0.15, 0.2) is 84.0 Å². The normalized spacial score (nSPS) is 11.0. The third-order valence-electron chi connectivity index (χ3n) is 4.30.